The number of aromatic nitrogens is 1. The van der Waals surface area contributed by atoms with Gasteiger partial charge in [-0.05, 0) is 47.8 Å². The lowest BCUT2D eigenvalue weighted by atomic mass is 10.2. The summed E-state index contributed by atoms with van der Waals surface area (Å²) in [5.74, 6) is -0.761. The standard InChI is InChI=1S/C20H16ClN5O3S/c21-12-1-6-16(24-11-12)26(19(28)17-15(18(22)27)7-10-30-17)14-4-2-13(3-5-14)25-8-9-29-20(25)23/h1-7,10-11,23H,8-9H2,(H2,22,27). The number of amidine groups is 1. The number of thiophene rings is 1. The van der Waals surface area contributed by atoms with E-state index in [0.29, 0.717) is 29.7 Å². The minimum atomic E-state index is -0.675. The van der Waals surface area contributed by atoms with E-state index in [-0.39, 0.29) is 16.5 Å². The van der Waals surface area contributed by atoms with E-state index in [2.05, 4.69) is 4.98 Å². The molecule has 3 aromatic rings. The Labute approximate surface area is 181 Å². The zero-order chi connectivity index (χ0) is 21.3. The van der Waals surface area contributed by atoms with Crippen LogP contribution in [0.2, 0.25) is 5.02 Å². The van der Waals surface area contributed by atoms with Gasteiger partial charge < -0.3 is 10.5 Å². The third kappa shape index (κ3) is 3.72. The molecular weight excluding hydrogens is 426 g/mol. The van der Waals surface area contributed by atoms with Crippen molar-refractivity contribution in [3.8, 4) is 0 Å². The molecule has 0 unspecified atom stereocenters. The Hall–Kier alpha value is -3.43. The first-order chi connectivity index (χ1) is 14.5. The van der Waals surface area contributed by atoms with E-state index in [4.69, 9.17) is 27.5 Å². The third-order valence-electron chi connectivity index (χ3n) is 4.49. The summed E-state index contributed by atoms with van der Waals surface area (Å²) in [4.78, 5) is 32.7. The quantitative estimate of drug-likeness (QED) is 0.627. The van der Waals surface area contributed by atoms with Gasteiger partial charge in [-0.2, -0.15) is 0 Å². The SMILES string of the molecule is N=C1OCCN1c1ccc(N(C(=O)c2sccc2C(N)=O)c2ccc(Cl)cn2)cc1. The molecule has 1 aliphatic heterocycles. The highest BCUT2D eigenvalue weighted by atomic mass is 35.5. The Balaban J connectivity index is 1.75. The second kappa shape index (κ2) is 8.13. The normalized spacial score (nSPS) is 13.2. The van der Waals surface area contributed by atoms with Crippen LogP contribution < -0.4 is 15.5 Å². The highest BCUT2D eigenvalue weighted by Crippen LogP contribution is 2.31. The molecular formula is C20H16ClN5O3S. The Morgan fingerprint density at radius 3 is 2.57 bits per heavy atom. The lowest BCUT2D eigenvalue weighted by molar-refractivity contribution is 0.0970. The summed E-state index contributed by atoms with van der Waals surface area (Å²) in [5.41, 5.74) is 6.89. The number of nitrogens with one attached hydrogen (secondary N) is 1. The number of carbonyl (C=O) groups excluding carboxylic acids is 2. The number of nitrogens with two attached hydrogens (primary N) is 1. The van der Waals surface area contributed by atoms with Crippen molar-refractivity contribution in [2.75, 3.05) is 23.0 Å². The first-order valence-corrected chi connectivity index (χ1v) is 10.1. The molecule has 4 rings (SSSR count). The van der Waals surface area contributed by atoms with Crippen LogP contribution in [0.4, 0.5) is 17.2 Å². The molecule has 0 aliphatic carbocycles. The molecule has 3 N–H and O–H groups in total. The number of nitrogens with zero attached hydrogens (tertiary/aromatic N) is 3. The Kier molecular flexibility index (Phi) is 5.39. The van der Waals surface area contributed by atoms with Crippen molar-refractivity contribution in [1.82, 2.24) is 4.98 Å². The lowest BCUT2D eigenvalue weighted by Crippen LogP contribution is -2.28. The van der Waals surface area contributed by atoms with E-state index in [0.717, 1.165) is 17.0 Å². The molecule has 0 bridgehead atoms. The molecule has 10 heteroatoms. The fourth-order valence-corrected chi connectivity index (χ4v) is 4.01. The van der Waals surface area contributed by atoms with Gasteiger partial charge >= 0.3 is 0 Å². The second-order valence-electron chi connectivity index (χ2n) is 6.32. The molecule has 0 radical (unpaired) electrons. The molecule has 0 spiro atoms. The molecule has 1 fully saturated rings. The highest BCUT2D eigenvalue weighted by Gasteiger charge is 2.27. The van der Waals surface area contributed by atoms with Crippen molar-refractivity contribution in [2.24, 2.45) is 5.73 Å². The van der Waals surface area contributed by atoms with Crippen LogP contribution in [0.1, 0.15) is 20.0 Å². The van der Waals surface area contributed by atoms with Gasteiger partial charge in [0.1, 0.15) is 17.3 Å². The van der Waals surface area contributed by atoms with Gasteiger partial charge in [-0.3, -0.25) is 24.8 Å². The van der Waals surface area contributed by atoms with Gasteiger partial charge in [0.05, 0.1) is 22.8 Å². The molecule has 152 valence electrons. The summed E-state index contributed by atoms with van der Waals surface area (Å²) in [6.45, 7) is 1.03. The van der Waals surface area contributed by atoms with Crippen molar-refractivity contribution < 1.29 is 14.3 Å². The van der Waals surface area contributed by atoms with E-state index in [1.807, 2.05) is 0 Å². The maximum Gasteiger partial charge on any atom is 0.289 e. The number of halogens is 1. The number of benzene rings is 1. The van der Waals surface area contributed by atoms with Crippen molar-refractivity contribution in [3.05, 3.63) is 69.5 Å². The van der Waals surface area contributed by atoms with E-state index < -0.39 is 11.8 Å². The van der Waals surface area contributed by atoms with Crippen molar-refractivity contribution in [3.63, 3.8) is 0 Å². The maximum atomic E-state index is 13.4. The fourth-order valence-electron chi connectivity index (χ4n) is 3.07. The molecule has 30 heavy (non-hydrogen) atoms. The number of amides is 2. The molecule has 1 aliphatic rings. The van der Waals surface area contributed by atoms with E-state index >= 15 is 0 Å². The Morgan fingerprint density at radius 2 is 1.97 bits per heavy atom. The third-order valence-corrected chi connectivity index (χ3v) is 5.61. The van der Waals surface area contributed by atoms with Crippen LogP contribution in [0.5, 0.6) is 0 Å². The van der Waals surface area contributed by atoms with Crippen molar-refractivity contribution >= 4 is 58.0 Å². The van der Waals surface area contributed by atoms with Gasteiger partial charge in [-0.1, -0.05) is 11.6 Å². The number of anilines is 3. The summed E-state index contributed by atoms with van der Waals surface area (Å²) in [6.07, 6.45) is 1.44. The van der Waals surface area contributed by atoms with Crippen LogP contribution >= 0.6 is 22.9 Å². The molecule has 2 amide bonds. The molecule has 8 nitrogen and oxygen atoms in total. The first-order valence-electron chi connectivity index (χ1n) is 8.88. The summed E-state index contributed by atoms with van der Waals surface area (Å²) in [6, 6.07) is 11.9. The number of carbonyl (C=O) groups is 2. The van der Waals surface area contributed by atoms with E-state index in [1.165, 1.54) is 17.2 Å². The summed E-state index contributed by atoms with van der Waals surface area (Å²) in [5, 5.41) is 9.91. The molecule has 1 aromatic carbocycles. The summed E-state index contributed by atoms with van der Waals surface area (Å²) >= 11 is 7.08. The van der Waals surface area contributed by atoms with Crippen LogP contribution in [0, 0.1) is 5.41 Å². The minimum Gasteiger partial charge on any atom is -0.463 e. The van der Waals surface area contributed by atoms with Gasteiger partial charge in [0.2, 0.25) is 5.91 Å². The van der Waals surface area contributed by atoms with Gasteiger partial charge in [0.25, 0.3) is 11.9 Å². The number of rotatable bonds is 5. The van der Waals surface area contributed by atoms with Crippen molar-refractivity contribution in [2.45, 2.75) is 0 Å². The average Bonchev–Trinajstić information content (AvgIpc) is 3.39. The average molecular weight is 442 g/mol. The second-order valence-corrected chi connectivity index (χ2v) is 7.68. The lowest BCUT2D eigenvalue weighted by Gasteiger charge is -2.23. The van der Waals surface area contributed by atoms with E-state index in [9.17, 15) is 9.59 Å². The largest absolute Gasteiger partial charge is 0.463 e. The fraction of sp³-hybridized carbons (Fsp3) is 0.100. The number of primary amides is 1. The maximum absolute atomic E-state index is 13.4. The van der Waals surface area contributed by atoms with Crippen LogP contribution in [0.3, 0.4) is 0 Å². The number of ether oxygens (including phenoxy) is 1. The topological polar surface area (TPSA) is 113 Å². The molecule has 1 saturated heterocycles. The minimum absolute atomic E-state index is 0.0831. The highest BCUT2D eigenvalue weighted by molar-refractivity contribution is 7.12. The Bertz CT molecular complexity index is 1110. The van der Waals surface area contributed by atoms with Crippen LogP contribution in [-0.4, -0.2) is 36.0 Å². The smallest absolute Gasteiger partial charge is 0.289 e. The number of hydrogen-bond donors (Lipinski definition) is 2. The predicted molar refractivity (Wildman–Crippen MR) is 116 cm³/mol. The molecule has 3 heterocycles. The van der Waals surface area contributed by atoms with Crippen LogP contribution in [0.15, 0.2) is 54.0 Å². The number of hydrogen-bond acceptors (Lipinski definition) is 6. The van der Waals surface area contributed by atoms with Crippen LogP contribution in [0.25, 0.3) is 0 Å². The zero-order valence-electron chi connectivity index (χ0n) is 15.5. The van der Waals surface area contributed by atoms with Crippen molar-refractivity contribution in [1.29, 1.82) is 5.41 Å². The summed E-state index contributed by atoms with van der Waals surface area (Å²) in [7, 11) is 0. The van der Waals surface area contributed by atoms with E-state index in [1.54, 1.807) is 46.7 Å². The van der Waals surface area contributed by atoms with Gasteiger partial charge in [-0.25, -0.2) is 4.98 Å². The molecule has 0 saturated carbocycles. The monoisotopic (exact) mass is 441 g/mol. The Morgan fingerprint density at radius 1 is 1.20 bits per heavy atom. The predicted octanol–water partition coefficient (Wildman–Crippen LogP) is 3.65. The number of pyridine rings is 1. The van der Waals surface area contributed by atoms with Gasteiger partial charge in [-0.15, -0.1) is 11.3 Å². The van der Waals surface area contributed by atoms with Gasteiger partial charge in [0.15, 0.2) is 0 Å². The zero-order valence-corrected chi connectivity index (χ0v) is 17.1. The summed E-state index contributed by atoms with van der Waals surface area (Å²) < 4.78 is 5.18. The molecule has 0 atom stereocenters. The first kappa shape index (κ1) is 19.9. The van der Waals surface area contributed by atoms with Crippen LogP contribution in [-0.2, 0) is 4.74 Å². The van der Waals surface area contributed by atoms with Gasteiger partial charge in [0, 0.05) is 11.9 Å². The molecule has 2 aromatic heterocycles.